The second-order valence-electron chi connectivity index (χ2n) is 5.11. The van der Waals surface area contributed by atoms with Crippen LogP contribution in [0.1, 0.15) is 30.9 Å². The lowest BCUT2D eigenvalue weighted by Crippen LogP contribution is -2.32. The number of hydrogen-bond acceptors (Lipinski definition) is 3. The number of aryl methyl sites for hydroxylation is 1. The molecule has 2 rings (SSSR count). The molecule has 1 aliphatic rings. The molecular weight excluding hydrogens is 200 g/mol. The highest BCUT2D eigenvalue weighted by Gasteiger charge is 2.34. The van der Waals surface area contributed by atoms with Gasteiger partial charge in [-0.15, -0.1) is 0 Å². The number of furan rings is 1. The molecule has 1 aromatic heterocycles. The van der Waals surface area contributed by atoms with Crippen LogP contribution in [0.25, 0.3) is 0 Å². The molecule has 16 heavy (non-hydrogen) atoms. The van der Waals surface area contributed by atoms with E-state index >= 15 is 0 Å². The Labute approximate surface area is 97.6 Å². The minimum atomic E-state index is 0.224. The topological polar surface area (TPSA) is 42.4 Å². The highest BCUT2D eigenvalue weighted by molar-refractivity contribution is 5.10. The van der Waals surface area contributed by atoms with E-state index in [1.807, 2.05) is 19.1 Å². The maximum atomic E-state index is 5.84. The van der Waals surface area contributed by atoms with Crippen LogP contribution in [0.5, 0.6) is 0 Å². The first-order chi connectivity index (χ1) is 7.61. The van der Waals surface area contributed by atoms with Gasteiger partial charge in [0.05, 0.1) is 6.04 Å². The van der Waals surface area contributed by atoms with Crippen LogP contribution in [0.3, 0.4) is 0 Å². The molecule has 0 bridgehead atoms. The summed E-state index contributed by atoms with van der Waals surface area (Å²) in [5, 5.41) is 0. The maximum Gasteiger partial charge on any atom is 0.122 e. The molecule has 1 heterocycles. The molecule has 0 saturated heterocycles. The minimum absolute atomic E-state index is 0.224. The summed E-state index contributed by atoms with van der Waals surface area (Å²) in [6, 6.07) is 4.27. The molecule has 1 fully saturated rings. The zero-order valence-electron chi connectivity index (χ0n) is 10.4. The summed E-state index contributed by atoms with van der Waals surface area (Å²) in [5.41, 5.74) is 5.84. The Balaban J connectivity index is 1.98. The van der Waals surface area contributed by atoms with Crippen molar-refractivity contribution < 1.29 is 4.42 Å². The summed E-state index contributed by atoms with van der Waals surface area (Å²) in [7, 11) is 2.14. The molecule has 1 aliphatic carbocycles. The van der Waals surface area contributed by atoms with E-state index in [-0.39, 0.29) is 6.04 Å². The van der Waals surface area contributed by atoms with E-state index in [9.17, 15) is 0 Å². The van der Waals surface area contributed by atoms with E-state index < -0.39 is 0 Å². The molecule has 3 nitrogen and oxygen atoms in total. The van der Waals surface area contributed by atoms with Crippen LogP contribution in [0.2, 0.25) is 0 Å². The second-order valence-corrected chi connectivity index (χ2v) is 5.11. The Kier molecular flexibility index (Phi) is 3.36. The summed E-state index contributed by atoms with van der Waals surface area (Å²) >= 11 is 0. The van der Waals surface area contributed by atoms with Gasteiger partial charge in [-0.25, -0.2) is 0 Å². The van der Waals surface area contributed by atoms with Gasteiger partial charge in [0.1, 0.15) is 11.5 Å². The molecule has 1 saturated carbocycles. The van der Waals surface area contributed by atoms with Gasteiger partial charge in [0.25, 0.3) is 0 Å². The van der Waals surface area contributed by atoms with Crippen molar-refractivity contribution in [1.29, 1.82) is 0 Å². The Hall–Kier alpha value is -0.800. The Bertz CT molecular complexity index is 347. The van der Waals surface area contributed by atoms with Crippen LogP contribution < -0.4 is 5.73 Å². The van der Waals surface area contributed by atoms with Gasteiger partial charge in [-0.05, 0) is 44.4 Å². The van der Waals surface area contributed by atoms with Crippen molar-refractivity contribution in [3.63, 3.8) is 0 Å². The summed E-state index contributed by atoms with van der Waals surface area (Å²) < 4.78 is 5.66. The van der Waals surface area contributed by atoms with Crippen molar-refractivity contribution in [2.75, 3.05) is 20.1 Å². The van der Waals surface area contributed by atoms with Crippen molar-refractivity contribution in [2.24, 2.45) is 17.6 Å². The first-order valence-corrected chi connectivity index (χ1v) is 6.08. The molecule has 0 aliphatic heterocycles. The number of rotatable bonds is 5. The van der Waals surface area contributed by atoms with E-state index in [0.717, 1.165) is 29.9 Å². The number of nitrogens with zero attached hydrogens (tertiary/aromatic N) is 1. The van der Waals surface area contributed by atoms with E-state index in [0.29, 0.717) is 6.54 Å². The summed E-state index contributed by atoms with van der Waals surface area (Å²) in [5.74, 6) is 3.70. The predicted molar refractivity (Wildman–Crippen MR) is 65.1 cm³/mol. The van der Waals surface area contributed by atoms with Gasteiger partial charge in [-0.3, -0.25) is 4.90 Å². The lowest BCUT2D eigenvalue weighted by atomic mass is 10.2. The number of hydrogen-bond donors (Lipinski definition) is 1. The molecule has 2 N–H and O–H groups in total. The molecule has 0 spiro atoms. The molecule has 1 aromatic rings. The monoisotopic (exact) mass is 222 g/mol. The Morgan fingerprint density at radius 3 is 2.69 bits per heavy atom. The summed E-state index contributed by atoms with van der Waals surface area (Å²) in [6.07, 6.45) is 1.36. The zero-order chi connectivity index (χ0) is 11.7. The van der Waals surface area contributed by atoms with E-state index in [1.54, 1.807) is 0 Å². The molecule has 3 unspecified atom stereocenters. The van der Waals surface area contributed by atoms with Gasteiger partial charge in [-0.2, -0.15) is 0 Å². The van der Waals surface area contributed by atoms with Crippen LogP contribution >= 0.6 is 0 Å². The average molecular weight is 222 g/mol. The first kappa shape index (κ1) is 11.7. The molecule has 0 amide bonds. The van der Waals surface area contributed by atoms with Gasteiger partial charge >= 0.3 is 0 Å². The van der Waals surface area contributed by atoms with Crippen LogP contribution in [0.15, 0.2) is 16.5 Å². The largest absolute Gasteiger partial charge is 0.465 e. The second kappa shape index (κ2) is 4.60. The highest BCUT2D eigenvalue weighted by atomic mass is 16.3. The predicted octanol–water partition coefficient (Wildman–Crippen LogP) is 2.18. The lowest BCUT2D eigenvalue weighted by molar-refractivity contribution is 0.208. The van der Waals surface area contributed by atoms with Crippen molar-refractivity contribution in [3.8, 4) is 0 Å². The van der Waals surface area contributed by atoms with Crippen LogP contribution in [0, 0.1) is 18.8 Å². The fourth-order valence-electron chi connectivity index (χ4n) is 2.30. The Morgan fingerprint density at radius 2 is 2.25 bits per heavy atom. The Morgan fingerprint density at radius 1 is 1.56 bits per heavy atom. The third-order valence-electron chi connectivity index (χ3n) is 3.64. The quantitative estimate of drug-likeness (QED) is 0.830. The van der Waals surface area contributed by atoms with Crippen LogP contribution in [-0.2, 0) is 0 Å². The van der Waals surface area contributed by atoms with Crippen molar-refractivity contribution >= 4 is 0 Å². The smallest absolute Gasteiger partial charge is 0.122 e. The molecule has 90 valence electrons. The van der Waals surface area contributed by atoms with Gasteiger partial charge < -0.3 is 10.2 Å². The minimum Gasteiger partial charge on any atom is -0.465 e. The fraction of sp³-hybridized carbons (Fsp3) is 0.692. The molecular formula is C13H22N2O. The van der Waals surface area contributed by atoms with E-state index in [4.69, 9.17) is 10.2 Å². The van der Waals surface area contributed by atoms with Crippen molar-refractivity contribution in [2.45, 2.75) is 26.3 Å². The van der Waals surface area contributed by atoms with Gasteiger partial charge in [0.15, 0.2) is 0 Å². The fourth-order valence-corrected chi connectivity index (χ4v) is 2.30. The normalized spacial score (nSPS) is 26.1. The SMILES string of the molecule is Cc1ccc(C(CN)N(C)CC2CC2C)o1. The van der Waals surface area contributed by atoms with Crippen LogP contribution in [-0.4, -0.2) is 25.0 Å². The van der Waals surface area contributed by atoms with Crippen molar-refractivity contribution in [3.05, 3.63) is 23.7 Å². The number of nitrogens with two attached hydrogens (primary N) is 1. The lowest BCUT2D eigenvalue weighted by Gasteiger charge is -2.25. The maximum absolute atomic E-state index is 5.84. The molecule has 0 radical (unpaired) electrons. The number of likely N-dealkylation sites (N-methyl/N-ethyl adjacent to an activating group) is 1. The van der Waals surface area contributed by atoms with Gasteiger partial charge in [-0.1, -0.05) is 6.92 Å². The third kappa shape index (κ3) is 2.47. The van der Waals surface area contributed by atoms with E-state index in [2.05, 4.69) is 18.9 Å². The molecule has 3 atom stereocenters. The first-order valence-electron chi connectivity index (χ1n) is 6.08. The third-order valence-corrected chi connectivity index (χ3v) is 3.64. The zero-order valence-corrected chi connectivity index (χ0v) is 10.4. The average Bonchev–Trinajstić information content (AvgIpc) is 2.74. The standard InChI is InChI=1S/C13H22N2O/c1-9-6-11(9)8-15(3)12(7-14)13-5-4-10(2)16-13/h4-5,9,11-12H,6-8,14H2,1-3H3. The molecule has 0 aromatic carbocycles. The molecule has 3 heteroatoms. The van der Waals surface area contributed by atoms with Crippen LogP contribution in [0.4, 0.5) is 0 Å². The highest BCUT2D eigenvalue weighted by Crippen LogP contribution is 2.39. The van der Waals surface area contributed by atoms with Crippen molar-refractivity contribution in [1.82, 2.24) is 4.90 Å². The van der Waals surface area contributed by atoms with Gasteiger partial charge in [0.2, 0.25) is 0 Å². The summed E-state index contributed by atoms with van der Waals surface area (Å²) in [6.45, 7) is 6.03. The van der Waals surface area contributed by atoms with E-state index in [1.165, 1.54) is 6.42 Å². The summed E-state index contributed by atoms with van der Waals surface area (Å²) in [4.78, 5) is 2.33. The van der Waals surface area contributed by atoms with Gasteiger partial charge in [0, 0.05) is 13.1 Å².